The van der Waals surface area contributed by atoms with Gasteiger partial charge in [-0.15, -0.1) is 0 Å². The van der Waals surface area contributed by atoms with Crippen LogP contribution in [-0.2, 0) is 4.74 Å². The average Bonchev–Trinajstić information content (AvgIpc) is 2.68. The zero-order chi connectivity index (χ0) is 18.5. The van der Waals surface area contributed by atoms with Crippen molar-refractivity contribution in [2.75, 3.05) is 25.1 Å². The molecule has 1 aromatic heterocycles. The number of nitro groups is 1. The summed E-state index contributed by atoms with van der Waals surface area (Å²) < 4.78 is 4.62. The molecule has 0 spiro atoms. The van der Waals surface area contributed by atoms with Crippen LogP contribution in [0.4, 0.5) is 11.5 Å². The Labute approximate surface area is 153 Å². The Bertz CT molecular complexity index is 653. The molecule has 2 fully saturated rings. The minimum atomic E-state index is -0.623. The van der Waals surface area contributed by atoms with E-state index in [0.29, 0.717) is 17.9 Å². The second kappa shape index (κ2) is 8.44. The number of esters is 1. The molecule has 0 radical (unpaired) electrons. The third-order valence-electron chi connectivity index (χ3n) is 5.34. The van der Waals surface area contributed by atoms with Crippen LogP contribution in [0.3, 0.4) is 0 Å². The molecular formula is C18H26N4O4. The summed E-state index contributed by atoms with van der Waals surface area (Å²) in [7, 11) is 1.24. The van der Waals surface area contributed by atoms with Crippen LogP contribution in [0.2, 0.25) is 0 Å². The molecule has 8 heteroatoms. The van der Waals surface area contributed by atoms with Crippen LogP contribution in [0.15, 0.2) is 12.3 Å². The fraction of sp³-hybridized carbons (Fsp3) is 0.667. The highest BCUT2D eigenvalue weighted by molar-refractivity contribution is 5.90. The van der Waals surface area contributed by atoms with Gasteiger partial charge in [0.05, 0.1) is 17.6 Å². The first-order chi connectivity index (χ1) is 12.6. The number of nitrogens with one attached hydrogen (secondary N) is 1. The second-order valence-corrected chi connectivity index (χ2v) is 7.08. The third kappa shape index (κ3) is 4.30. The minimum absolute atomic E-state index is 0.0943. The number of aromatic nitrogens is 1. The van der Waals surface area contributed by atoms with E-state index < -0.39 is 10.9 Å². The number of piperidine rings is 1. The number of hydrogen-bond donors (Lipinski definition) is 1. The zero-order valence-corrected chi connectivity index (χ0v) is 15.1. The molecule has 3 rings (SSSR count). The highest BCUT2D eigenvalue weighted by atomic mass is 16.6. The highest BCUT2D eigenvalue weighted by Crippen LogP contribution is 2.29. The molecule has 26 heavy (non-hydrogen) atoms. The molecule has 0 unspecified atom stereocenters. The van der Waals surface area contributed by atoms with Crippen LogP contribution in [-0.4, -0.2) is 48.2 Å². The van der Waals surface area contributed by atoms with Crippen LogP contribution in [0.5, 0.6) is 0 Å². The topological polar surface area (TPSA) is 97.6 Å². The lowest BCUT2D eigenvalue weighted by molar-refractivity contribution is -0.384. The fourth-order valence-electron chi connectivity index (χ4n) is 3.91. The van der Waals surface area contributed by atoms with Crippen molar-refractivity contribution >= 4 is 17.5 Å². The van der Waals surface area contributed by atoms with Crippen molar-refractivity contribution in [1.82, 2.24) is 10.3 Å². The summed E-state index contributed by atoms with van der Waals surface area (Å²) in [5.41, 5.74) is -0.0524. The van der Waals surface area contributed by atoms with Crippen molar-refractivity contribution in [2.24, 2.45) is 0 Å². The number of carbonyl (C=O) groups excluding carboxylic acids is 1. The fourth-order valence-corrected chi connectivity index (χ4v) is 3.91. The van der Waals surface area contributed by atoms with Crippen molar-refractivity contribution in [3.8, 4) is 0 Å². The maximum Gasteiger partial charge on any atom is 0.339 e. The van der Waals surface area contributed by atoms with Crippen molar-refractivity contribution in [3.63, 3.8) is 0 Å². The number of pyridine rings is 1. The molecule has 1 saturated carbocycles. The third-order valence-corrected chi connectivity index (χ3v) is 5.34. The standard InChI is InChI=1S/C18H26N4O4/c1-26-18(23)13-11-16(22(24)25)17(19-12-13)21-9-7-15(8-10-21)20-14-5-3-2-4-6-14/h11-12,14-15,20H,2-10H2,1H3. The van der Waals surface area contributed by atoms with E-state index in [0.717, 1.165) is 25.9 Å². The van der Waals surface area contributed by atoms with E-state index in [-0.39, 0.29) is 11.3 Å². The Morgan fingerprint density at radius 1 is 1.23 bits per heavy atom. The van der Waals surface area contributed by atoms with Crippen LogP contribution in [0.1, 0.15) is 55.3 Å². The first kappa shape index (κ1) is 18.6. The molecule has 8 nitrogen and oxygen atoms in total. The lowest BCUT2D eigenvalue weighted by Gasteiger charge is -2.35. The number of ether oxygens (including phenoxy) is 1. The van der Waals surface area contributed by atoms with E-state index >= 15 is 0 Å². The molecular weight excluding hydrogens is 336 g/mol. The lowest BCUT2D eigenvalue weighted by atomic mass is 9.93. The number of carbonyl (C=O) groups is 1. The van der Waals surface area contributed by atoms with Gasteiger partial charge in [-0.1, -0.05) is 19.3 Å². The van der Waals surface area contributed by atoms with Crippen molar-refractivity contribution in [3.05, 3.63) is 27.9 Å². The van der Waals surface area contributed by atoms with Gasteiger partial charge in [-0.05, 0) is 25.7 Å². The zero-order valence-electron chi connectivity index (χ0n) is 15.1. The Hall–Kier alpha value is -2.22. The van der Waals surface area contributed by atoms with E-state index in [4.69, 9.17) is 0 Å². The van der Waals surface area contributed by atoms with Gasteiger partial charge in [0.25, 0.3) is 0 Å². The Balaban J connectivity index is 1.64. The van der Waals surface area contributed by atoms with E-state index in [9.17, 15) is 14.9 Å². The molecule has 2 aliphatic rings. The van der Waals surface area contributed by atoms with Gasteiger partial charge in [0, 0.05) is 37.4 Å². The van der Waals surface area contributed by atoms with E-state index in [1.54, 1.807) is 0 Å². The number of anilines is 1. The predicted octanol–water partition coefficient (Wildman–Crippen LogP) is 2.67. The lowest BCUT2D eigenvalue weighted by Crippen LogP contribution is -2.47. The minimum Gasteiger partial charge on any atom is -0.465 e. The Morgan fingerprint density at radius 3 is 2.50 bits per heavy atom. The molecule has 0 aromatic carbocycles. The summed E-state index contributed by atoms with van der Waals surface area (Å²) in [5, 5.41) is 15.2. The molecule has 1 N–H and O–H groups in total. The van der Waals surface area contributed by atoms with Gasteiger partial charge in [-0.25, -0.2) is 9.78 Å². The molecule has 1 aliphatic carbocycles. The van der Waals surface area contributed by atoms with E-state index in [1.807, 2.05) is 4.90 Å². The summed E-state index contributed by atoms with van der Waals surface area (Å²) >= 11 is 0. The summed E-state index contributed by atoms with van der Waals surface area (Å²) in [6.45, 7) is 1.44. The molecule has 1 aliphatic heterocycles. The number of methoxy groups -OCH3 is 1. The summed E-state index contributed by atoms with van der Waals surface area (Å²) in [6, 6.07) is 2.33. The van der Waals surface area contributed by atoms with Gasteiger partial charge in [0.2, 0.25) is 5.82 Å². The highest BCUT2D eigenvalue weighted by Gasteiger charge is 2.28. The summed E-state index contributed by atoms with van der Waals surface area (Å²) in [4.78, 5) is 28.7. The normalized spacial score (nSPS) is 19.3. The van der Waals surface area contributed by atoms with Crippen LogP contribution >= 0.6 is 0 Å². The van der Waals surface area contributed by atoms with E-state index in [2.05, 4.69) is 15.0 Å². The summed E-state index contributed by atoms with van der Waals surface area (Å²) in [5.74, 6) is -0.290. The molecule has 0 bridgehead atoms. The Kier molecular flexibility index (Phi) is 6.03. The summed E-state index contributed by atoms with van der Waals surface area (Å²) in [6.07, 6.45) is 9.68. The van der Waals surface area contributed by atoms with Gasteiger partial charge in [-0.3, -0.25) is 10.1 Å². The quantitative estimate of drug-likeness (QED) is 0.488. The predicted molar refractivity (Wildman–Crippen MR) is 97.5 cm³/mol. The maximum absolute atomic E-state index is 11.6. The number of rotatable bonds is 5. The molecule has 0 atom stereocenters. The molecule has 1 saturated heterocycles. The van der Waals surface area contributed by atoms with Gasteiger partial charge in [-0.2, -0.15) is 0 Å². The van der Waals surface area contributed by atoms with Gasteiger partial charge >= 0.3 is 11.7 Å². The molecule has 1 aromatic rings. The average molecular weight is 362 g/mol. The smallest absolute Gasteiger partial charge is 0.339 e. The first-order valence-corrected chi connectivity index (χ1v) is 9.32. The van der Waals surface area contributed by atoms with E-state index in [1.165, 1.54) is 51.5 Å². The van der Waals surface area contributed by atoms with Crippen molar-refractivity contribution < 1.29 is 14.5 Å². The van der Waals surface area contributed by atoms with Crippen molar-refractivity contribution in [1.29, 1.82) is 0 Å². The monoisotopic (exact) mass is 362 g/mol. The second-order valence-electron chi connectivity index (χ2n) is 7.08. The van der Waals surface area contributed by atoms with Gasteiger partial charge in [0.15, 0.2) is 0 Å². The number of hydrogen-bond acceptors (Lipinski definition) is 7. The number of nitrogens with zero attached hydrogens (tertiary/aromatic N) is 3. The first-order valence-electron chi connectivity index (χ1n) is 9.32. The van der Waals surface area contributed by atoms with Crippen LogP contribution in [0, 0.1) is 10.1 Å². The SMILES string of the molecule is COC(=O)c1cnc(N2CCC(NC3CCCCC3)CC2)c([N+](=O)[O-])c1. The maximum atomic E-state index is 11.6. The molecule has 142 valence electrons. The molecule has 0 amide bonds. The van der Waals surface area contributed by atoms with Gasteiger partial charge in [0.1, 0.15) is 0 Å². The largest absolute Gasteiger partial charge is 0.465 e. The van der Waals surface area contributed by atoms with Crippen molar-refractivity contribution in [2.45, 2.75) is 57.0 Å². The van der Waals surface area contributed by atoms with Gasteiger partial charge < -0.3 is 15.0 Å². The van der Waals surface area contributed by atoms with Crippen LogP contribution in [0.25, 0.3) is 0 Å². The molecule has 2 heterocycles. The Morgan fingerprint density at radius 2 is 1.88 bits per heavy atom. The van der Waals surface area contributed by atoms with Crippen LogP contribution < -0.4 is 10.2 Å².